The lowest BCUT2D eigenvalue weighted by molar-refractivity contribution is 0.831. The number of aromatic amines is 1. The standard InChI is InChI=1S/C19H19ClN4/c1-24-16-8-7-12(20)11-14(16)18(22-10-4-9-21)17-13-5-2-3-6-15(13)23-19(17)24/h2-3,5-8,11,23H,4,9-10,21H2,1H3. The Kier molecular flexibility index (Phi) is 3.79. The molecule has 0 atom stereocenters. The van der Waals surface area contributed by atoms with Gasteiger partial charge in [0.05, 0.1) is 16.3 Å². The molecule has 4 rings (SSSR count). The first kappa shape index (κ1) is 15.2. The maximum atomic E-state index is 6.27. The Morgan fingerprint density at radius 3 is 2.83 bits per heavy atom. The van der Waals surface area contributed by atoms with Crippen molar-refractivity contribution in [2.75, 3.05) is 13.1 Å². The summed E-state index contributed by atoms with van der Waals surface area (Å²) in [5.41, 5.74) is 8.93. The number of aromatic nitrogens is 2. The smallest absolute Gasteiger partial charge is 0.120 e. The van der Waals surface area contributed by atoms with Crippen molar-refractivity contribution in [1.29, 1.82) is 0 Å². The minimum atomic E-state index is 0.639. The van der Waals surface area contributed by atoms with Crippen LogP contribution in [0.15, 0.2) is 47.5 Å². The summed E-state index contributed by atoms with van der Waals surface area (Å²) in [6, 6.07) is 14.3. The number of aryl methyl sites for hydroxylation is 1. The van der Waals surface area contributed by atoms with Gasteiger partial charge in [-0.15, -0.1) is 0 Å². The summed E-state index contributed by atoms with van der Waals surface area (Å²) in [5, 5.41) is 5.10. The predicted molar refractivity (Wildman–Crippen MR) is 101 cm³/mol. The van der Waals surface area contributed by atoms with Gasteiger partial charge in [0, 0.05) is 34.9 Å². The number of halogens is 1. The number of H-pyrrole nitrogens is 1. The van der Waals surface area contributed by atoms with E-state index in [0.29, 0.717) is 13.1 Å². The highest BCUT2D eigenvalue weighted by Gasteiger charge is 2.13. The van der Waals surface area contributed by atoms with Crippen LogP contribution in [0, 0.1) is 0 Å². The highest BCUT2D eigenvalue weighted by atomic mass is 35.5. The van der Waals surface area contributed by atoms with Gasteiger partial charge in [-0.25, -0.2) is 0 Å². The molecule has 122 valence electrons. The van der Waals surface area contributed by atoms with E-state index in [9.17, 15) is 0 Å². The molecule has 0 saturated carbocycles. The molecule has 2 aromatic carbocycles. The second kappa shape index (κ2) is 5.96. The Bertz CT molecular complexity index is 1120. The number of nitrogens with one attached hydrogen (secondary N) is 1. The molecule has 0 unspecified atom stereocenters. The van der Waals surface area contributed by atoms with Gasteiger partial charge in [-0.2, -0.15) is 0 Å². The van der Waals surface area contributed by atoms with Gasteiger partial charge >= 0.3 is 0 Å². The first-order valence-corrected chi connectivity index (χ1v) is 8.47. The highest BCUT2D eigenvalue weighted by molar-refractivity contribution is 6.31. The molecular formula is C19H19ClN4. The van der Waals surface area contributed by atoms with Crippen LogP contribution in [0.1, 0.15) is 6.42 Å². The SMILES string of the molecule is Cn1c2ccc(Cl)cc2c(=NCCCN)c2c3ccccc3[nH]c21. The third kappa shape index (κ3) is 2.30. The molecule has 0 aliphatic rings. The van der Waals surface area contributed by atoms with Crippen LogP contribution in [0.25, 0.3) is 32.8 Å². The fourth-order valence-corrected chi connectivity index (χ4v) is 3.48. The van der Waals surface area contributed by atoms with Crippen LogP contribution in [0.2, 0.25) is 5.02 Å². The van der Waals surface area contributed by atoms with Crippen LogP contribution < -0.4 is 11.1 Å². The van der Waals surface area contributed by atoms with E-state index < -0.39 is 0 Å². The van der Waals surface area contributed by atoms with Gasteiger partial charge in [-0.3, -0.25) is 4.99 Å². The van der Waals surface area contributed by atoms with Gasteiger partial charge in [-0.05, 0) is 37.2 Å². The number of pyridine rings is 1. The molecule has 3 N–H and O–H groups in total. The summed E-state index contributed by atoms with van der Waals surface area (Å²) in [7, 11) is 2.07. The molecule has 2 heterocycles. The Hall–Kier alpha value is -2.30. The number of benzene rings is 2. The summed E-state index contributed by atoms with van der Waals surface area (Å²) < 4.78 is 2.17. The second-order valence-corrected chi connectivity index (χ2v) is 6.42. The van der Waals surface area contributed by atoms with Gasteiger partial charge in [-0.1, -0.05) is 29.8 Å². The summed E-state index contributed by atoms with van der Waals surface area (Å²) in [6.07, 6.45) is 0.868. The van der Waals surface area contributed by atoms with Crippen LogP contribution in [0.5, 0.6) is 0 Å². The lowest BCUT2D eigenvalue weighted by atomic mass is 10.1. The summed E-state index contributed by atoms with van der Waals surface area (Å²) in [5.74, 6) is 0. The van der Waals surface area contributed by atoms with Crippen LogP contribution in [-0.2, 0) is 7.05 Å². The molecule has 0 fully saturated rings. The molecule has 0 spiro atoms. The number of nitrogens with two attached hydrogens (primary N) is 1. The van der Waals surface area contributed by atoms with Crippen LogP contribution in [0.4, 0.5) is 0 Å². The largest absolute Gasteiger partial charge is 0.341 e. The molecule has 0 aliphatic carbocycles. The van der Waals surface area contributed by atoms with Crippen molar-refractivity contribution in [3.63, 3.8) is 0 Å². The molecule has 5 heteroatoms. The zero-order valence-electron chi connectivity index (χ0n) is 13.5. The van der Waals surface area contributed by atoms with Gasteiger partial charge in [0.1, 0.15) is 5.65 Å². The molecular weight excluding hydrogens is 320 g/mol. The zero-order chi connectivity index (χ0) is 16.7. The van der Waals surface area contributed by atoms with Crippen molar-refractivity contribution in [2.45, 2.75) is 6.42 Å². The number of nitrogens with zero attached hydrogens (tertiary/aromatic N) is 2. The maximum absolute atomic E-state index is 6.27. The Balaban J connectivity index is 2.25. The van der Waals surface area contributed by atoms with E-state index in [1.165, 1.54) is 5.39 Å². The van der Waals surface area contributed by atoms with Crippen molar-refractivity contribution < 1.29 is 0 Å². The summed E-state index contributed by atoms with van der Waals surface area (Å²) in [6.45, 7) is 1.35. The van der Waals surface area contributed by atoms with Crippen LogP contribution in [0.3, 0.4) is 0 Å². The average molecular weight is 339 g/mol. The molecule has 24 heavy (non-hydrogen) atoms. The second-order valence-electron chi connectivity index (χ2n) is 5.99. The molecule has 4 aromatic rings. The van der Waals surface area contributed by atoms with Gasteiger partial charge < -0.3 is 15.3 Å². The average Bonchev–Trinajstić information content (AvgIpc) is 2.97. The fraction of sp³-hybridized carbons (Fsp3) is 0.211. The van der Waals surface area contributed by atoms with Gasteiger partial charge in [0.15, 0.2) is 0 Å². The van der Waals surface area contributed by atoms with E-state index in [2.05, 4.69) is 34.8 Å². The lowest BCUT2D eigenvalue weighted by Gasteiger charge is -2.10. The lowest BCUT2D eigenvalue weighted by Crippen LogP contribution is -2.12. The van der Waals surface area contributed by atoms with E-state index in [0.717, 1.165) is 44.3 Å². The number of para-hydroxylation sites is 1. The number of hydrogen-bond acceptors (Lipinski definition) is 2. The van der Waals surface area contributed by atoms with Crippen LogP contribution in [-0.4, -0.2) is 22.6 Å². The number of fused-ring (bicyclic) bond motifs is 4. The molecule has 0 amide bonds. The summed E-state index contributed by atoms with van der Waals surface area (Å²) in [4.78, 5) is 8.41. The number of rotatable bonds is 3. The first-order valence-electron chi connectivity index (χ1n) is 8.10. The van der Waals surface area contributed by atoms with Gasteiger partial charge in [0.25, 0.3) is 0 Å². The van der Waals surface area contributed by atoms with Crippen molar-refractivity contribution >= 4 is 44.4 Å². The van der Waals surface area contributed by atoms with Crippen molar-refractivity contribution in [1.82, 2.24) is 9.55 Å². The normalized spacial score (nSPS) is 12.7. The van der Waals surface area contributed by atoms with Crippen molar-refractivity contribution in [3.05, 3.63) is 52.8 Å². The molecule has 0 bridgehead atoms. The minimum absolute atomic E-state index is 0.639. The van der Waals surface area contributed by atoms with Crippen molar-refractivity contribution in [2.24, 2.45) is 17.8 Å². The Morgan fingerprint density at radius 1 is 1.17 bits per heavy atom. The zero-order valence-corrected chi connectivity index (χ0v) is 14.3. The third-order valence-electron chi connectivity index (χ3n) is 4.47. The molecule has 0 radical (unpaired) electrons. The minimum Gasteiger partial charge on any atom is -0.341 e. The summed E-state index contributed by atoms with van der Waals surface area (Å²) >= 11 is 6.27. The number of hydrogen-bond donors (Lipinski definition) is 2. The highest BCUT2D eigenvalue weighted by Crippen LogP contribution is 2.26. The molecule has 2 aromatic heterocycles. The Morgan fingerprint density at radius 2 is 2.00 bits per heavy atom. The van der Waals surface area contributed by atoms with E-state index >= 15 is 0 Å². The topological polar surface area (TPSA) is 59.1 Å². The van der Waals surface area contributed by atoms with Crippen LogP contribution >= 0.6 is 11.6 Å². The molecule has 0 aliphatic heterocycles. The van der Waals surface area contributed by atoms with Crippen molar-refractivity contribution in [3.8, 4) is 0 Å². The fourth-order valence-electron chi connectivity index (χ4n) is 3.31. The van der Waals surface area contributed by atoms with E-state index in [1.807, 2.05) is 24.3 Å². The Labute approximate surface area is 144 Å². The third-order valence-corrected chi connectivity index (χ3v) is 4.70. The maximum Gasteiger partial charge on any atom is 0.120 e. The predicted octanol–water partition coefficient (Wildman–Crippen LogP) is 3.72. The monoisotopic (exact) mass is 338 g/mol. The van der Waals surface area contributed by atoms with E-state index in [4.69, 9.17) is 22.3 Å². The first-order chi connectivity index (χ1) is 11.7. The van der Waals surface area contributed by atoms with Gasteiger partial charge in [0.2, 0.25) is 0 Å². The van der Waals surface area contributed by atoms with E-state index in [1.54, 1.807) is 0 Å². The van der Waals surface area contributed by atoms with E-state index in [-0.39, 0.29) is 0 Å². The molecule has 4 nitrogen and oxygen atoms in total. The quantitative estimate of drug-likeness (QED) is 0.549. The molecule has 0 saturated heterocycles.